The molecule has 0 spiro atoms. The zero-order chi connectivity index (χ0) is 14.1. The topological polar surface area (TPSA) is 68.1 Å². The maximum Gasteiger partial charge on any atom is 0.257 e. The second-order valence-electron chi connectivity index (χ2n) is 5.24. The lowest BCUT2D eigenvalue weighted by Crippen LogP contribution is -2.21. The molecule has 0 bridgehead atoms. The van der Waals surface area contributed by atoms with Crippen molar-refractivity contribution in [3.63, 3.8) is 0 Å². The summed E-state index contributed by atoms with van der Waals surface area (Å²) in [6, 6.07) is 5.24. The third-order valence-electron chi connectivity index (χ3n) is 3.83. The van der Waals surface area contributed by atoms with Crippen LogP contribution in [0.4, 0.5) is 5.69 Å². The van der Waals surface area contributed by atoms with Crippen LogP contribution in [0.5, 0.6) is 5.75 Å². The number of rotatable bonds is 2. The van der Waals surface area contributed by atoms with Crippen molar-refractivity contribution in [2.24, 2.45) is 0 Å². The predicted molar refractivity (Wildman–Crippen MR) is 81.5 cm³/mol. The van der Waals surface area contributed by atoms with Crippen molar-refractivity contribution in [2.45, 2.75) is 38.2 Å². The number of hydrogen-bond donors (Lipinski definition) is 2. The number of nitrogen functional groups attached to an aromatic ring is 1. The van der Waals surface area contributed by atoms with Gasteiger partial charge in [-0.3, -0.25) is 4.79 Å². The fourth-order valence-electron chi connectivity index (χ4n) is 2.81. The smallest absolute Gasteiger partial charge is 0.257 e. The number of halogens is 1. The summed E-state index contributed by atoms with van der Waals surface area (Å²) in [5.41, 5.74) is 6.28. The molecule has 1 aromatic heterocycles. The molecule has 0 aliphatic heterocycles. The lowest BCUT2D eigenvalue weighted by Gasteiger charge is -2.24. The Morgan fingerprint density at radius 1 is 1.25 bits per heavy atom. The Hall–Kier alpha value is -1.68. The quantitative estimate of drug-likeness (QED) is 0.658. The number of fused-ring (bicyclic) bond motifs is 1. The summed E-state index contributed by atoms with van der Waals surface area (Å²) in [4.78, 5) is 14.6. The Morgan fingerprint density at radius 3 is 2.75 bits per heavy atom. The van der Waals surface area contributed by atoms with Crippen molar-refractivity contribution in [1.82, 2.24) is 4.98 Å². The van der Waals surface area contributed by atoms with Crippen LogP contribution in [0, 0.1) is 0 Å². The van der Waals surface area contributed by atoms with Gasteiger partial charge in [-0.25, -0.2) is 0 Å². The van der Waals surface area contributed by atoms with E-state index in [1.807, 2.05) is 0 Å². The number of ether oxygens (including phenoxy) is 1. The van der Waals surface area contributed by atoms with E-state index in [-0.39, 0.29) is 16.8 Å². The summed E-state index contributed by atoms with van der Waals surface area (Å²) >= 11 is 6.16. The molecule has 3 N–H and O–H groups in total. The number of nitrogens with two attached hydrogens (primary N) is 1. The van der Waals surface area contributed by atoms with Gasteiger partial charge in [0.1, 0.15) is 0 Å². The van der Waals surface area contributed by atoms with Gasteiger partial charge in [0, 0.05) is 5.69 Å². The lowest BCUT2D eigenvalue weighted by atomic mass is 9.97. The monoisotopic (exact) mass is 292 g/mol. The normalized spacial score (nSPS) is 16.4. The van der Waals surface area contributed by atoms with E-state index in [0.717, 1.165) is 12.8 Å². The van der Waals surface area contributed by atoms with Crippen LogP contribution in [0.25, 0.3) is 10.8 Å². The summed E-state index contributed by atoms with van der Waals surface area (Å²) in [7, 11) is 0. The molecular weight excluding hydrogens is 276 g/mol. The molecule has 1 heterocycles. The predicted octanol–water partition coefficient (Wildman–Crippen LogP) is 3.48. The minimum Gasteiger partial charge on any atom is -0.487 e. The molecule has 0 unspecified atom stereocenters. The zero-order valence-electron chi connectivity index (χ0n) is 11.1. The Bertz CT molecular complexity index is 690. The molecule has 1 aliphatic carbocycles. The van der Waals surface area contributed by atoms with Gasteiger partial charge in [-0.2, -0.15) is 0 Å². The van der Waals surface area contributed by atoms with Gasteiger partial charge in [0.05, 0.1) is 16.9 Å². The molecule has 0 radical (unpaired) electrons. The molecule has 0 saturated heterocycles. The fourth-order valence-corrected chi connectivity index (χ4v) is 3.03. The third-order valence-corrected chi connectivity index (χ3v) is 4.09. The number of hydrogen-bond acceptors (Lipinski definition) is 3. The van der Waals surface area contributed by atoms with Crippen LogP contribution in [-0.4, -0.2) is 11.1 Å². The van der Waals surface area contributed by atoms with Crippen LogP contribution in [0.2, 0.25) is 5.15 Å². The van der Waals surface area contributed by atoms with Crippen molar-refractivity contribution in [3.8, 4) is 5.75 Å². The fraction of sp³-hybridized carbons (Fsp3) is 0.400. The van der Waals surface area contributed by atoms with Crippen molar-refractivity contribution in [1.29, 1.82) is 0 Å². The lowest BCUT2D eigenvalue weighted by molar-refractivity contribution is 0.156. The Morgan fingerprint density at radius 2 is 2.00 bits per heavy atom. The number of aromatic nitrogens is 1. The molecule has 1 fully saturated rings. The minimum atomic E-state index is -0.242. The molecule has 1 aliphatic rings. The highest BCUT2D eigenvalue weighted by Gasteiger charge is 2.20. The zero-order valence-corrected chi connectivity index (χ0v) is 11.9. The number of benzene rings is 1. The van der Waals surface area contributed by atoms with Gasteiger partial charge in [-0.1, -0.05) is 24.1 Å². The average molecular weight is 293 g/mol. The third kappa shape index (κ3) is 2.36. The van der Waals surface area contributed by atoms with Gasteiger partial charge in [-0.15, -0.1) is 0 Å². The van der Waals surface area contributed by atoms with Crippen LogP contribution in [0.15, 0.2) is 23.0 Å². The van der Waals surface area contributed by atoms with E-state index in [1.165, 1.54) is 19.3 Å². The first-order chi connectivity index (χ1) is 9.66. The molecule has 5 heteroatoms. The Labute approximate surface area is 121 Å². The Balaban J connectivity index is 2.11. The molecule has 0 atom stereocenters. The molecule has 1 aromatic carbocycles. The first kappa shape index (κ1) is 13.3. The number of nitrogens with one attached hydrogen (secondary N) is 1. The summed E-state index contributed by atoms with van der Waals surface area (Å²) in [6.45, 7) is 0. The van der Waals surface area contributed by atoms with E-state index in [0.29, 0.717) is 22.2 Å². The number of anilines is 1. The standard InChI is InChI=1S/C15H17ClN2O2/c16-14-13(20-9-5-2-1-3-6-9)12-10(15(19)18-14)7-4-8-11(12)17/h4,7-9H,1-3,5-6,17H2,(H,18,19). The maximum absolute atomic E-state index is 11.9. The number of pyridine rings is 1. The van der Waals surface area contributed by atoms with Gasteiger partial charge in [-0.05, 0) is 37.8 Å². The number of H-pyrrole nitrogens is 1. The highest BCUT2D eigenvalue weighted by Crippen LogP contribution is 2.36. The van der Waals surface area contributed by atoms with Gasteiger partial charge in [0.25, 0.3) is 5.56 Å². The van der Waals surface area contributed by atoms with E-state index < -0.39 is 0 Å². The van der Waals surface area contributed by atoms with E-state index in [9.17, 15) is 4.79 Å². The van der Waals surface area contributed by atoms with Crippen LogP contribution in [-0.2, 0) is 0 Å². The second-order valence-corrected chi connectivity index (χ2v) is 5.62. The van der Waals surface area contributed by atoms with Gasteiger partial charge >= 0.3 is 0 Å². The molecule has 3 rings (SSSR count). The SMILES string of the molecule is Nc1cccc2c(=O)[nH]c(Cl)c(OC3CCCCC3)c12. The summed E-state index contributed by atoms with van der Waals surface area (Å²) in [5, 5.41) is 1.36. The van der Waals surface area contributed by atoms with Crippen LogP contribution in [0.1, 0.15) is 32.1 Å². The molecule has 2 aromatic rings. The minimum absolute atomic E-state index is 0.148. The van der Waals surface area contributed by atoms with Crippen LogP contribution < -0.4 is 16.0 Å². The molecule has 4 nitrogen and oxygen atoms in total. The van der Waals surface area contributed by atoms with Crippen LogP contribution >= 0.6 is 11.6 Å². The summed E-state index contributed by atoms with van der Waals surface area (Å²) in [5.74, 6) is 0.506. The van der Waals surface area contributed by atoms with Gasteiger partial charge < -0.3 is 15.5 Å². The second kappa shape index (κ2) is 5.37. The molecule has 0 amide bonds. The molecule has 1 saturated carbocycles. The Kier molecular flexibility index (Phi) is 3.57. The first-order valence-corrected chi connectivity index (χ1v) is 7.31. The van der Waals surface area contributed by atoms with Gasteiger partial charge in [0.2, 0.25) is 0 Å². The van der Waals surface area contributed by atoms with E-state index in [4.69, 9.17) is 22.1 Å². The number of aromatic amines is 1. The van der Waals surface area contributed by atoms with Crippen LogP contribution in [0.3, 0.4) is 0 Å². The van der Waals surface area contributed by atoms with Gasteiger partial charge in [0.15, 0.2) is 10.9 Å². The first-order valence-electron chi connectivity index (χ1n) is 6.93. The summed E-state index contributed by atoms with van der Waals surface area (Å²) in [6.07, 6.45) is 5.77. The van der Waals surface area contributed by atoms with Crippen molar-refractivity contribution >= 4 is 28.1 Å². The molecule has 106 valence electrons. The van der Waals surface area contributed by atoms with E-state index in [1.54, 1.807) is 18.2 Å². The maximum atomic E-state index is 11.9. The highest BCUT2D eigenvalue weighted by molar-refractivity contribution is 6.32. The molecular formula is C15H17ClN2O2. The van der Waals surface area contributed by atoms with Crippen molar-refractivity contribution in [2.75, 3.05) is 5.73 Å². The largest absolute Gasteiger partial charge is 0.487 e. The highest BCUT2D eigenvalue weighted by atomic mass is 35.5. The van der Waals surface area contributed by atoms with Crippen molar-refractivity contribution in [3.05, 3.63) is 33.7 Å². The molecule has 20 heavy (non-hydrogen) atoms. The average Bonchev–Trinajstić information content (AvgIpc) is 2.45. The van der Waals surface area contributed by atoms with E-state index >= 15 is 0 Å². The summed E-state index contributed by atoms with van der Waals surface area (Å²) < 4.78 is 6.05. The van der Waals surface area contributed by atoms with E-state index in [2.05, 4.69) is 4.98 Å². The van der Waals surface area contributed by atoms with Crippen molar-refractivity contribution < 1.29 is 4.74 Å².